The minimum absolute atomic E-state index is 0.222. The molecule has 0 radical (unpaired) electrons. The standard InChI is InChI=1S/C26H23ClF2N2O2S2/c1-26(2,17-6-4-7-20(14-17)35(3,32)33)24-15-30-25(31(24)19-12-10-18(28)11-13-19)34-16-21-22(27)8-5-9-23(21)29/h4-15H,16H2,1-3H3. The molecular weight excluding hydrogens is 510 g/mol. The van der Waals surface area contributed by atoms with Crippen LogP contribution in [0.4, 0.5) is 8.78 Å². The molecule has 0 fully saturated rings. The summed E-state index contributed by atoms with van der Waals surface area (Å²) in [5.41, 5.74) is 1.91. The van der Waals surface area contributed by atoms with Gasteiger partial charge in [0, 0.05) is 33.7 Å². The number of halogens is 3. The first-order valence-corrected chi connectivity index (χ1v) is 13.9. The second kappa shape index (κ2) is 9.76. The van der Waals surface area contributed by atoms with Crippen molar-refractivity contribution in [3.63, 3.8) is 0 Å². The van der Waals surface area contributed by atoms with Gasteiger partial charge in [0.05, 0.1) is 16.8 Å². The Labute approximate surface area is 212 Å². The number of imidazole rings is 1. The van der Waals surface area contributed by atoms with Crippen molar-refractivity contribution in [2.75, 3.05) is 6.26 Å². The Morgan fingerprint density at radius 1 is 1.03 bits per heavy atom. The van der Waals surface area contributed by atoms with Crippen molar-refractivity contribution in [2.45, 2.75) is 35.1 Å². The van der Waals surface area contributed by atoms with Crippen LogP contribution in [0, 0.1) is 11.6 Å². The van der Waals surface area contributed by atoms with Crippen LogP contribution in [0.2, 0.25) is 5.02 Å². The molecule has 0 unspecified atom stereocenters. The quantitative estimate of drug-likeness (QED) is 0.245. The maximum absolute atomic E-state index is 14.4. The lowest BCUT2D eigenvalue weighted by molar-refractivity contribution is 0.586. The molecule has 0 N–H and O–H groups in total. The Balaban J connectivity index is 1.82. The van der Waals surface area contributed by atoms with Crippen molar-refractivity contribution >= 4 is 33.2 Å². The highest BCUT2D eigenvalue weighted by Gasteiger charge is 2.30. The predicted molar refractivity (Wildman–Crippen MR) is 136 cm³/mol. The molecule has 4 aromatic rings. The summed E-state index contributed by atoms with van der Waals surface area (Å²) in [5, 5.41) is 0.897. The lowest BCUT2D eigenvalue weighted by atomic mass is 9.81. The van der Waals surface area contributed by atoms with E-state index in [4.69, 9.17) is 11.6 Å². The summed E-state index contributed by atoms with van der Waals surface area (Å²) >= 11 is 7.51. The van der Waals surface area contributed by atoms with Gasteiger partial charge in [0.25, 0.3) is 0 Å². The molecule has 0 saturated carbocycles. The van der Waals surface area contributed by atoms with Gasteiger partial charge in [0.1, 0.15) is 11.6 Å². The minimum Gasteiger partial charge on any atom is -0.291 e. The third kappa shape index (κ3) is 5.29. The molecule has 0 aliphatic heterocycles. The average molecular weight is 533 g/mol. The van der Waals surface area contributed by atoms with Gasteiger partial charge in [0.2, 0.25) is 0 Å². The van der Waals surface area contributed by atoms with Gasteiger partial charge < -0.3 is 0 Å². The average Bonchev–Trinajstić information content (AvgIpc) is 3.23. The highest BCUT2D eigenvalue weighted by molar-refractivity contribution is 7.98. The van der Waals surface area contributed by atoms with E-state index in [0.717, 1.165) is 11.3 Å². The summed E-state index contributed by atoms with van der Waals surface area (Å²) in [7, 11) is -3.39. The first-order chi connectivity index (χ1) is 16.5. The predicted octanol–water partition coefficient (Wildman–Crippen LogP) is 6.83. The Morgan fingerprint density at radius 2 is 1.71 bits per heavy atom. The summed E-state index contributed by atoms with van der Waals surface area (Å²) in [6, 6.07) is 17.3. The molecule has 182 valence electrons. The zero-order chi connectivity index (χ0) is 25.4. The van der Waals surface area contributed by atoms with Crippen molar-refractivity contribution in [3.05, 3.63) is 106 Å². The van der Waals surface area contributed by atoms with Gasteiger partial charge in [-0.25, -0.2) is 22.2 Å². The fourth-order valence-electron chi connectivity index (χ4n) is 3.79. The number of benzene rings is 3. The molecule has 3 aromatic carbocycles. The fraction of sp³-hybridized carbons (Fsp3) is 0.192. The van der Waals surface area contributed by atoms with Crippen LogP contribution in [0.15, 0.2) is 83.0 Å². The molecule has 9 heteroatoms. The number of aromatic nitrogens is 2. The zero-order valence-corrected chi connectivity index (χ0v) is 21.7. The van der Waals surface area contributed by atoms with Gasteiger partial charge in [-0.05, 0) is 54.1 Å². The van der Waals surface area contributed by atoms with Crippen LogP contribution in [0.3, 0.4) is 0 Å². The van der Waals surface area contributed by atoms with Crippen LogP contribution < -0.4 is 0 Å². The second-order valence-electron chi connectivity index (χ2n) is 8.65. The first kappa shape index (κ1) is 25.4. The summed E-state index contributed by atoms with van der Waals surface area (Å²) in [5.74, 6) is -0.529. The molecule has 0 amide bonds. The van der Waals surface area contributed by atoms with Crippen molar-refractivity contribution in [3.8, 4) is 5.69 Å². The SMILES string of the molecule is CC(C)(c1cccc(S(C)(=O)=O)c1)c1cnc(SCc2c(F)cccc2Cl)n1-c1ccc(F)cc1. The summed E-state index contributed by atoms with van der Waals surface area (Å²) in [6.07, 6.45) is 2.88. The lowest BCUT2D eigenvalue weighted by Gasteiger charge is -2.28. The van der Waals surface area contributed by atoms with E-state index >= 15 is 0 Å². The maximum atomic E-state index is 14.4. The molecular formula is C26H23ClF2N2O2S2. The molecule has 4 rings (SSSR count). The van der Waals surface area contributed by atoms with E-state index in [1.165, 1.54) is 36.2 Å². The Hall–Kier alpha value is -2.68. The number of rotatable bonds is 7. The summed E-state index contributed by atoms with van der Waals surface area (Å²) < 4.78 is 54.2. The number of hydrogen-bond donors (Lipinski definition) is 0. The van der Waals surface area contributed by atoms with Gasteiger partial charge >= 0.3 is 0 Å². The van der Waals surface area contributed by atoms with E-state index in [2.05, 4.69) is 4.98 Å². The van der Waals surface area contributed by atoms with Gasteiger partial charge in [-0.1, -0.05) is 55.4 Å². The number of sulfone groups is 1. The Bertz CT molecular complexity index is 1460. The van der Waals surface area contributed by atoms with E-state index in [-0.39, 0.29) is 16.5 Å². The normalized spacial score (nSPS) is 12.2. The minimum atomic E-state index is -3.39. The van der Waals surface area contributed by atoms with Crippen LogP contribution in [0.5, 0.6) is 0 Å². The lowest BCUT2D eigenvalue weighted by Crippen LogP contribution is -2.23. The molecule has 0 atom stereocenters. The summed E-state index contributed by atoms with van der Waals surface area (Å²) in [4.78, 5) is 4.82. The Kier molecular flexibility index (Phi) is 7.09. The van der Waals surface area contributed by atoms with Crippen molar-refractivity contribution in [2.24, 2.45) is 0 Å². The van der Waals surface area contributed by atoms with Crippen molar-refractivity contribution in [1.82, 2.24) is 9.55 Å². The molecule has 1 aromatic heterocycles. The highest BCUT2D eigenvalue weighted by atomic mass is 35.5. The van der Waals surface area contributed by atoms with E-state index in [1.807, 2.05) is 24.5 Å². The van der Waals surface area contributed by atoms with E-state index in [0.29, 0.717) is 21.4 Å². The molecule has 0 spiro atoms. The van der Waals surface area contributed by atoms with Crippen LogP contribution in [0.1, 0.15) is 30.7 Å². The van der Waals surface area contributed by atoms with E-state index < -0.39 is 21.1 Å². The van der Waals surface area contributed by atoms with Gasteiger partial charge in [-0.15, -0.1) is 0 Å². The molecule has 0 bridgehead atoms. The number of thioether (sulfide) groups is 1. The van der Waals surface area contributed by atoms with Crippen LogP contribution >= 0.6 is 23.4 Å². The van der Waals surface area contributed by atoms with Gasteiger partial charge in [-0.3, -0.25) is 4.57 Å². The fourth-order valence-corrected chi connectivity index (χ4v) is 5.79. The Morgan fingerprint density at radius 3 is 2.37 bits per heavy atom. The van der Waals surface area contributed by atoms with Crippen LogP contribution in [-0.2, 0) is 21.0 Å². The highest BCUT2D eigenvalue weighted by Crippen LogP contribution is 2.38. The largest absolute Gasteiger partial charge is 0.291 e. The van der Waals surface area contributed by atoms with Gasteiger partial charge in [0.15, 0.2) is 15.0 Å². The monoisotopic (exact) mass is 532 g/mol. The molecule has 4 nitrogen and oxygen atoms in total. The third-order valence-electron chi connectivity index (χ3n) is 5.85. The molecule has 0 aliphatic rings. The van der Waals surface area contributed by atoms with E-state index in [1.54, 1.807) is 48.7 Å². The number of hydrogen-bond acceptors (Lipinski definition) is 4. The number of nitrogens with zero attached hydrogens (tertiary/aromatic N) is 2. The summed E-state index contributed by atoms with van der Waals surface area (Å²) in [6.45, 7) is 3.93. The molecule has 1 heterocycles. The molecule has 35 heavy (non-hydrogen) atoms. The smallest absolute Gasteiger partial charge is 0.175 e. The van der Waals surface area contributed by atoms with Crippen molar-refractivity contribution < 1.29 is 17.2 Å². The van der Waals surface area contributed by atoms with E-state index in [9.17, 15) is 17.2 Å². The molecule has 0 saturated heterocycles. The first-order valence-electron chi connectivity index (χ1n) is 10.7. The van der Waals surface area contributed by atoms with Crippen LogP contribution in [0.25, 0.3) is 5.69 Å². The third-order valence-corrected chi connectivity index (χ3v) is 8.29. The van der Waals surface area contributed by atoms with Gasteiger partial charge in [-0.2, -0.15) is 0 Å². The topological polar surface area (TPSA) is 52.0 Å². The second-order valence-corrected chi connectivity index (χ2v) is 12.0. The zero-order valence-electron chi connectivity index (χ0n) is 19.3. The van der Waals surface area contributed by atoms with Crippen LogP contribution in [-0.4, -0.2) is 24.2 Å². The molecule has 0 aliphatic carbocycles. The maximum Gasteiger partial charge on any atom is 0.175 e. The van der Waals surface area contributed by atoms with Crippen molar-refractivity contribution in [1.29, 1.82) is 0 Å².